The van der Waals surface area contributed by atoms with Crippen LogP contribution in [0.3, 0.4) is 0 Å². The summed E-state index contributed by atoms with van der Waals surface area (Å²) in [7, 11) is 0. The second-order valence-electron chi connectivity index (χ2n) is 8.31. The second-order valence-corrected chi connectivity index (χ2v) is 8.31. The summed E-state index contributed by atoms with van der Waals surface area (Å²) in [4.78, 5) is 36.7. The number of fused-ring (bicyclic) bond motifs is 1. The first-order chi connectivity index (χ1) is 16.0. The van der Waals surface area contributed by atoms with Gasteiger partial charge in [-0.25, -0.2) is 14.4 Å². The molecule has 0 spiro atoms. The molecule has 0 bridgehead atoms. The van der Waals surface area contributed by atoms with Gasteiger partial charge in [0.25, 0.3) is 0 Å². The highest BCUT2D eigenvalue weighted by molar-refractivity contribution is 5.83. The minimum absolute atomic E-state index is 0.00924. The van der Waals surface area contributed by atoms with E-state index in [1.165, 1.54) is 12.1 Å². The first-order valence-electron chi connectivity index (χ1n) is 11.4. The number of hydrogen-bond acceptors (Lipinski definition) is 5. The number of pyridine rings is 2. The number of esters is 1. The maximum Gasteiger partial charge on any atom is 0.308 e. The second kappa shape index (κ2) is 10.1. The first kappa shape index (κ1) is 22.8. The molecule has 6 nitrogen and oxygen atoms in total. The number of carbonyl (C=O) groups is 2. The highest BCUT2D eigenvalue weighted by Gasteiger charge is 2.41. The van der Waals surface area contributed by atoms with Crippen LogP contribution in [0.4, 0.5) is 4.39 Å². The van der Waals surface area contributed by atoms with Crippen molar-refractivity contribution in [3.05, 3.63) is 71.8 Å². The Kier molecular flexibility index (Phi) is 6.96. The van der Waals surface area contributed by atoms with E-state index >= 15 is 0 Å². The topological polar surface area (TPSA) is 72.4 Å². The molecule has 2 unspecified atom stereocenters. The molecule has 3 heterocycles. The van der Waals surface area contributed by atoms with Crippen molar-refractivity contribution < 1.29 is 18.7 Å². The first-order valence-corrected chi connectivity index (χ1v) is 11.4. The van der Waals surface area contributed by atoms with E-state index in [0.29, 0.717) is 24.2 Å². The van der Waals surface area contributed by atoms with Crippen molar-refractivity contribution in [1.82, 2.24) is 14.9 Å². The summed E-state index contributed by atoms with van der Waals surface area (Å²) in [5.41, 5.74) is 2.10. The van der Waals surface area contributed by atoms with Crippen LogP contribution in [0.5, 0.6) is 0 Å². The van der Waals surface area contributed by atoms with E-state index in [0.717, 1.165) is 17.5 Å². The van der Waals surface area contributed by atoms with Crippen LogP contribution in [0, 0.1) is 11.7 Å². The molecule has 1 saturated heterocycles. The number of amides is 1. The fourth-order valence-corrected chi connectivity index (χ4v) is 4.78. The van der Waals surface area contributed by atoms with Crippen molar-refractivity contribution in [3.63, 3.8) is 0 Å². The smallest absolute Gasteiger partial charge is 0.308 e. The van der Waals surface area contributed by atoms with Gasteiger partial charge >= 0.3 is 5.97 Å². The van der Waals surface area contributed by atoms with Gasteiger partial charge in [0.2, 0.25) is 5.91 Å². The van der Waals surface area contributed by atoms with Gasteiger partial charge in [-0.15, -0.1) is 0 Å². The average molecular weight is 450 g/mol. The van der Waals surface area contributed by atoms with Gasteiger partial charge in [-0.3, -0.25) is 9.59 Å². The highest BCUT2D eigenvalue weighted by atomic mass is 19.1. The van der Waals surface area contributed by atoms with Gasteiger partial charge in [0.15, 0.2) is 5.65 Å². The Balaban J connectivity index is 1.61. The number of aromatic nitrogens is 2. The van der Waals surface area contributed by atoms with Crippen LogP contribution in [-0.2, 0) is 14.3 Å². The molecule has 0 N–H and O–H groups in total. The average Bonchev–Trinajstić information content (AvgIpc) is 3.19. The van der Waals surface area contributed by atoms with Crippen LogP contribution < -0.4 is 0 Å². The summed E-state index contributed by atoms with van der Waals surface area (Å²) in [5, 5.41) is 0.955. The molecular formula is C26H28FN3O3. The molecule has 3 atom stereocenters. The molecule has 3 aromatic rings. The number of rotatable bonds is 8. The molecule has 4 rings (SSSR count). The molecule has 0 saturated carbocycles. The molecule has 7 heteroatoms. The number of nitrogens with zero attached hydrogens (tertiary/aromatic N) is 3. The Bertz CT molecular complexity index is 1150. The molecular weight excluding hydrogens is 421 g/mol. The van der Waals surface area contributed by atoms with Crippen LogP contribution in [0.2, 0.25) is 0 Å². The lowest BCUT2D eigenvalue weighted by atomic mass is 9.85. The van der Waals surface area contributed by atoms with Crippen LogP contribution in [-0.4, -0.2) is 39.9 Å². The standard InChI is InChI=1S/C26H28FN3O3/c1-3-20(22-11-10-17-8-6-13-28-25(17)29-22)21-12-14-30(26(21)32)23(16-24(31)33-4-2)18-7-5-9-19(27)15-18/h5-11,13,15,20-21,23H,3-4,12,14,16H2,1-2H3/t20?,21?,23-/m0/s1. The van der Waals surface area contributed by atoms with Crippen molar-refractivity contribution >= 4 is 22.9 Å². The SMILES string of the molecule is CCOC(=O)C[C@@H](c1cccc(F)c1)N1CCC(C(CC)c2ccc3cccnc3n2)C1=O. The van der Waals surface area contributed by atoms with Crippen molar-refractivity contribution in [3.8, 4) is 0 Å². The van der Waals surface area contributed by atoms with Crippen LogP contribution in [0.15, 0.2) is 54.7 Å². The Labute approximate surface area is 192 Å². The van der Waals surface area contributed by atoms with E-state index in [1.807, 2.05) is 31.2 Å². The third-order valence-electron chi connectivity index (χ3n) is 6.35. The van der Waals surface area contributed by atoms with Crippen molar-refractivity contribution in [2.45, 2.75) is 45.1 Å². The minimum Gasteiger partial charge on any atom is -0.466 e. The Morgan fingerprint density at radius 1 is 1.21 bits per heavy atom. The molecule has 172 valence electrons. The Morgan fingerprint density at radius 2 is 2.06 bits per heavy atom. The summed E-state index contributed by atoms with van der Waals surface area (Å²) < 4.78 is 19.1. The van der Waals surface area contributed by atoms with E-state index < -0.39 is 17.8 Å². The highest BCUT2D eigenvalue weighted by Crippen LogP contribution is 2.39. The van der Waals surface area contributed by atoms with E-state index in [-0.39, 0.29) is 30.8 Å². The molecule has 1 aliphatic rings. The fourth-order valence-electron chi connectivity index (χ4n) is 4.78. The van der Waals surface area contributed by atoms with Crippen LogP contribution in [0.1, 0.15) is 56.3 Å². The van der Waals surface area contributed by atoms with Gasteiger partial charge in [-0.05, 0) is 61.7 Å². The third kappa shape index (κ3) is 4.87. The fraction of sp³-hybridized carbons (Fsp3) is 0.385. The lowest BCUT2D eigenvalue weighted by Gasteiger charge is -2.29. The van der Waals surface area contributed by atoms with Gasteiger partial charge in [-0.2, -0.15) is 0 Å². The number of carbonyl (C=O) groups excluding carboxylic acids is 2. The zero-order valence-corrected chi connectivity index (χ0v) is 18.9. The normalized spacial score (nSPS) is 17.8. The predicted octanol–water partition coefficient (Wildman–Crippen LogP) is 4.81. The zero-order valence-electron chi connectivity index (χ0n) is 18.9. The van der Waals surface area contributed by atoms with E-state index in [9.17, 15) is 14.0 Å². The van der Waals surface area contributed by atoms with Crippen LogP contribution in [0.25, 0.3) is 11.0 Å². The summed E-state index contributed by atoms with van der Waals surface area (Å²) in [6.45, 7) is 4.54. The van der Waals surface area contributed by atoms with Crippen molar-refractivity contribution in [2.75, 3.05) is 13.2 Å². The minimum atomic E-state index is -0.569. The van der Waals surface area contributed by atoms with Gasteiger partial charge in [0, 0.05) is 35.7 Å². The molecule has 0 radical (unpaired) electrons. The molecule has 1 aliphatic heterocycles. The summed E-state index contributed by atoms with van der Waals surface area (Å²) >= 11 is 0. The number of hydrogen-bond donors (Lipinski definition) is 0. The van der Waals surface area contributed by atoms with Gasteiger partial charge in [0.1, 0.15) is 5.82 Å². The van der Waals surface area contributed by atoms with E-state index in [4.69, 9.17) is 9.72 Å². The number of halogens is 1. The van der Waals surface area contributed by atoms with E-state index in [1.54, 1.807) is 30.2 Å². The summed E-state index contributed by atoms with van der Waals surface area (Å²) in [6.07, 6.45) is 3.10. The maximum absolute atomic E-state index is 14.0. The zero-order chi connectivity index (χ0) is 23.4. The number of ether oxygens (including phenoxy) is 1. The lowest BCUT2D eigenvalue weighted by Crippen LogP contribution is -2.35. The number of likely N-dealkylation sites (tertiary alicyclic amines) is 1. The van der Waals surface area contributed by atoms with E-state index in [2.05, 4.69) is 4.98 Å². The molecule has 1 aromatic carbocycles. The molecule has 33 heavy (non-hydrogen) atoms. The molecule has 1 amide bonds. The van der Waals surface area contributed by atoms with Gasteiger partial charge in [-0.1, -0.05) is 19.1 Å². The third-order valence-corrected chi connectivity index (χ3v) is 6.35. The molecule has 2 aromatic heterocycles. The van der Waals surface area contributed by atoms with Crippen molar-refractivity contribution in [1.29, 1.82) is 0 Å². The van der Waals surface area contributed by atoms with Gasteiger partial charge in [0.05, 0.1) is 19.1 Å². The lowest BCUT2D eigenvalue weighted by molar-refractivity contribution is -0.145. The summed E-state index contributed by atoms with van der Waals surface area (Å²) in [5.74, 6) is -1.17. The largest absolute Gasteiger partial charge is 0.466 e. The number of benzene rings is 1. The van der Waals surface area contributed by atoms with Crippen LogP contribution >= 0.6 is 0 Å². The molecule has 1 fully saturated rings. The summed E-state index contributed by atoms with van der Waals surface area (Å²) in [6, 6.07) is 13.3. The maximum atomic E-state index is 14.0. The predicted molar refractivity (Wildman–Crippen MR) is 123 cm³/mol. The Hall–Kier alpha value is -3.35. The monoisotopic (exact) mass is 449 g/mol. The Morgan fingerprint density at radius 3 is 2.82 bits per heavy atom. The quantitative estimate of drug-likeness (QED) is 0.462. The van der Waals surface area contributed by atoms with Gasteiger partial charge < -0.3 is 9.64 Å². The molecule has 0 aliphatic carbocycles. The van der Waals surface area contributed by atoms with Crippen molar-refractivity contribution in [2.24, 2.45) is 5.92 Å².